The highest BCUT2D eigenvalue weighted by molar-refractivity contribution is 6.30. The van der Waals surface area contributed by atoms with Crippen molar-refractivity contribution in [2.45, 2.75) is 0 Å². The summed E-state index contributed by atoms with van der Waals surface area (Å²) in [7, 11) is 0. The van der Waals surface area contributed by atoms with Crippen LogP contribution >= 0.6 is 11.6 Å². The van der Waals surface area contributed by atoms with E-state index in [1.807, 2.05) is 54.6 Å². The lowest BCUT2D eigenvalue weighted by molar-refractivity contribution is 0.0948. The second-order valence-electron chi connectivity index (χ2n) is 7.50. The quantitative estimate of drug-likeness (QED) is 0.636. The number of hydrogen-bond donors (Lipinski definition) is 1. The van der Waals surface area contributed by atoms with Crippen LogP contribution < -0.4 is 10.2 Å². The van der Waals surface area contributed by atoms with Gasteiger partial charge in [0.1, 0.15) is 0 Å². The Morgan fingerprint density at radius 2 is 1.43 bits per heavy atom. The SMILES string of the molecule is O=C(NCCN1CCN(c2ccc(Cl)cc2)CC1)c1ccc(-c2ccccc2)cc1. The van der Waals surface area contributed by atoms with Crippen molar-refractivity contribution in [3.05, 3.63) is 89.4 Å². The molecule has 0 bridgehead atoms. The molecule has 3 aromatic rings. The summed E-state index contributed by atoms with van der Waals surface area (Å²) in [5.74, 6) is -0.0191. The van der Waals surface area contributed by atoms with Gasteiger partial charge in [0.2, 0.25) is 0 Å². The maximum Gasteiger partial charge on any atom is 0.251 e. The number of rotatable bonds is 6. The highest BCUT2D eigenvalue weighted by atomic mass is 35.5. The molecule has 0 aromatic heterocycles. The Balaban J connectivity index is 1.21. The molecule has 0 atom stereocenters. The lowest BCUT2D eigenvalue weighted by atomic mass is 10.0. The number of nitrogens with zero attached hydrogens (tertiary/aromatic N) is 2. The molecule has 0 saturated carbocycles. The minimum absolute atomic E-state index is 0.0191. The maximum absolute atomic E-state index is 12.5. The molecule has 3 aromatic carbocycles. The second kappa shape index (κ2) is 9.79. The third-order valence-corrected chi connectivity index (χ3v) is 5.78. The van der Waals surface area contributed by atoms with Crippen LogP contribution in [0.1, 0.15) is 10.4 Å². The number of nitrogens with one attached hydrogen (secondary N) is 1. The molecule has 1 amide bonds. The van der Waals surface area contributed by atoms with Crippen molar-refractivity contribution in [3.8, 4) is 11.1 Å². The van der Waals surface area contributed by atoms with Crippen molar-refractivity contribution in [1.82, 2.24) is 10.2 Å². The first-order valence-corrected chi connectivity index (χ1v) is 10.7. The topological polar surface area (TPSA) is 35.6 Å². The van der Waals surface area contributed by atoms with Crippen LogP contribution in [-0.4, -0.2) is 50.1 Å². The molecule has 30 heavy (non-hydrogen) atoms. The van der Waals surface area contributed by atoms with Gasteiger partial charge < -0.3 is 10.2 Å². The van der Waals surface area contributed by atoms with E-state index in [0.29, 0.717) is 12.1 Å². The van der Waals surface area contributed by atoms with Crippen molar-refractivity contribution in [1.29, 1.82) is 0 Å². The molecule has 4 rings (SSSR count). The molecular weight excluding hydrogens is 394 g/mol. The smallest absolute Gasteiger partial charge is 0.251 e. The summed E-state index contributed by atoms with van der Waals surface area (Å²) in [5.41, 5.74) is 4.18. The molecule has 1 saturated heterocycles. The van der Waals surface area contributed by atoms with Gasteiger partial charge in [-0.05, 0) is 47.5 Å². The Hall–Kier alpha value is -2.82. The first kappa shape index (κ1) is 20.5. The van der Waals surface area contributed by atoms with Crippen LogP contribution in [0.2, 0.25) is 5.02 Å². The summed E-state index contributed by atoms with van der Waals surface area (Å²) in [6, 6.07) is 26.0. The number of halogens is 1. The van der Waals surface area contributed by atoms with Gasteiger partial charge in [-0.2, -0.15) is 0 Å². The zero-order chi connectivity index (χ0) is 20.8. The van der Waals surface area contributed by atoms with Crippen molar-refractivity contribution in [2.24, 2.45) is 0 Å². The number of benzene rings is 3. The van der Waals surface area contributed by atoms with Gasteiger partial charge >= 0.3 is 0 Å². The molecule has 4 nitrogen and oxygen atoms in total. The van der Waals surface area contributed by atoms with Gasteiger partial charge in [-0.25, -0.2) is 0 Å². The number of hydrogen-bond acceptors (Lipinski definition) is 3. The van der Waals surface area contributed by atoms with Crippen molar-refractivity contribution >= 4 is 23.2 Å². The van der Waals surface area contributed by atoms with E-state index in [1.165, 1.54) is 5.69 Å². The fourth-order valence-corrected chi connectivity index (χ4v) is 3.88. The van der Waals surface area contributed by atoms with Gasteiger partial charge in [-0.15, -0.1) is 0 Å². The summed E-state index contributed by atoms with van der Waals surface area (Å²) in [5, 5.41) is 3.81. The predicted octanol–water partition coefficient (Wildman–Crippen LogP) is 4.56. The minimum Gasteiger partial charge on any atom is -0.369 e. The molecule has 1 aliphatic heterocycles. The standard InChI is InChI=1S/C25H26ClN3O/c26-23-10-12-24(13-11-23)29-18-16-28(17-19-29)15-14-27-25(30)22-8-6-21(7-9-22)20-4-2-1-3-5-20/h1-13H,14-19H2,(H,27,30). The molecule has 0 unspecified atom stereocenters. The van der Waals surface area contributed by atoms with E-state index in [2.05, 4.69) is 39.4 Å². The molecule has 1 fully saturated rings. The third kappa shape index (κ3) is 5.21. The van der Waals surface area contributed by atoms with Gasteiger partial charge in [0, 0.05) is 55.5 Å². The third-order valence-electron chi connectivity index (χ3n) is 5.53. The average Bonchev–Trinajstić information content (AvgIpc) is 2.81. The Labute approximate surface area is 183 Å². The molecule has 1 heterocycles. The number of amides is 1. The fraction of sp³-hybridized carbons (Fsp3) is 0.240. The molecule has 0 spiro atoms. The van der Waals surface area contributed by atoms with E-state index >= 15 is 0 Å². The van der Waals surface area contributed by atoms with Gasteiger partial charge in [-0.3, -0.25) is 9.69 Å². The summed E-state index contributed by atoms with van der Waals surface area (Å²) in [6.07, 6.45) is 0. The van der Waals surface area contributed by atoms with Crippen LogP contribution in [-0.2, 0) is 0 Å². The van der Waals surface area contributed by atoms with E-state index in [0.717, 1.165) is 48.9 Å². The summed E-state index contributed by atoms with van der Waals surface area (Å²) in [6.45, 7) is 5.46. The molecule has 0 radical (unpaired) electrons. The highest BCUT2D eigenvalue weighted by Gasteiger charge is 2.17. The van der Waals surface area contributed by atoms with Crippen LogP contribution in [0.25, 0.3) is 11.1 Å². The lowest BCUT2D eigenvalue weighted by Gasteiger charge is -2.36. The second-order valence-corrected chi connectivity index (χ2v) is 7.94. The Bertz CT molecular complexity index is 950. The zero-order valence-electron chi connectivity index (χ0n) is 16.9. The van der Waals surface area contributed by atoms with E-state index < -0.39 is 0 Å². The van der Waals surface area contributed by atoms with E-state index in [1.54, 1.807) is 0 Å². The predicted molar refractivity (Wildman–Crippen MR) is 124 cm³/mol. The van der Waals surface area contributed by atoms with Crippen LogP contribution in [0.5, 0.6) is 0 Å². The van der Waals surface area contributed by atoms with Crippen LogP contribution in [0.15, 0.2) is 78.9 Å². The van der Waals surface area contributed by atoms with Gasteiger partial charge in [0.15, 0.2) is 0 Å². The van der Waals surface area contributed by atoms with Gasteiger partial charge in [0.25, 0.3) is 5.91 Å². The Morgan fingerprint density at radius 3 is 2.10 bits per heavy atom. The summed E-state index contributed by atoms with van der Waals surface area (Å²) in [4.78, 5) is 17.2. The molecule has 5 heteroatoms. The number of carbonyl (C=O) groups excluding carboxylic acids is 1. The van der Waals surface area contributed by atoms with Crippen molar-refractivity contribution in [2.75, 3.05) is 44.2 Å². The molecule has 0 aliphatic carbocycles. The number of carbonyl (C=O) groups is 1. The van der Waals surface area contributed by atoms with Crippen LogP contribution in [0.4, 0.5) is 5.69 Å². The molecule has 1 aliphatic rings. The Morgan fingerprint density at radius 1 is 0.800 bits per heavy atom. The minimum atomic E-state index is -0.0191. The molecule has 154 valence electrons. The van der Waals surface area contributed by atoms with Crippen LogP contribution in [0.3, 0.4) is 0 Å². The monoisotopic (exact) mass is 419 g/mol. The summed E-state index contributed by atoms with van der Waals surface area (Å²) < 4.78 is 0. The van der Waals surface area contributed by atoms with E-state index in [9.17, 15) is 4.79 Å². The average molecular weight is 420 g/mol. The number of piperazine rings is 1. The number of anilines is 1. The van der Waals surface area contributed by atoms with Gasteiger partial charge in [-0.1, -0.05) is 54.1 Å². The summed E-state index contributed by atoms with van der Waals surface area (Å²) >= 11 is 5.98. The molecule has 1 N–H and O–H groups in total. The molecular formula is C25H26ClN3O. The first-order valence-electron chi connectivity index (χ1n) is 10.4. The van der Waals surface area contributed by atoms with Crippen molar-refractivity contribution in [3.63, 3.8) is 0 Å². The largest absolute Gasteiger partial charge is 0.369 e. The van der Waals surface area contributed by atoms with Gasteiger partial charge in [0.05, 0.1) is 0 Å². The van der Waals surface area contributed by atoms with Crippen molar-refractivity contribution < 1.29 is 4.79 Å². The first-order chi connectivity index (χ1) is 14.7. The fourth-order valence-electron chi connectivity index (χ4n) is 3.76. The zero-order valence-corrected chi connectivity index (χ0v) is 17.7. The maximum atomic E-state index is 12.5. The lowest BCUT2D eigenvalue weighted by Crippen LogP contribution is -2.48. The Kier molecular flexibility index (Phi) is 6.67. The van der Waals surface area contributed by atoms with Crippen LogP contribution in [0, 0.1) is 0 Å². The van der Waals surface area contributed by atoms with E-state index in [4.69, 9.17) is 11.6 Å². The van der Waals surface area contributed by atoms with E-state index in [-0.39, 0.29) is 5.91 Å². The normalized spacial score (nSPS) is 14.5. The highest BCUT2D eigenvalue weighted by Crippen LogP contribution is 2.20.